The maximum Gasteiger partial charge on any atom is 0.227 e. The van der Waals surface area contributed by atoms with Gasteiger partial charge in [0.2, 0.25) is 5.91 Å². The van der Waals surface area contributed by atoms with Gasteiger partial charge in [0.05, 0.1) is 5.41 Å². The van der Waals surface area contributed by atoms with E-state index in [1.165, 1.54) is 0 Å². The zero-order valence-electron chi connectivity index (χ0n) is 9.34. The van der Waals surface area contributed by atoms with Gasteiger partial charge in [-0.25, -0.2) is 0 Å². The fourth-order valence-corrected chi connectivity index (χ4v) is 1.06. The molecule has 0 aromatic carbocycles. The van der Waals surface area contributed by atoms with Crippen LogP contribution in [0.2, 0.25) is 0 Å². The van der Waals surface area contributed by atoms with Gasteiger partial charge in [0.15, 0.2) is 0 Å². The first-order chi connectivity index (χ1) is 6.50. The second kappa shape index (κ2) is 5.98. The Bertz CT molecular complexity index is 179. The zero-order chi connectivity index (χ0) is 11.2. The van der Waals surface area contributed by atoms with Crippen LogP contribution in [0.5, 0.6) is 0 Å². The average Bonchev–Trinajstić information content (AvgIpc) is 2.16. The number of rotatable bonds is 6. The molecule has 1 amide bonds. The highest BCUT2D eigenvalue weighted by Gasteiger charge is 2.30. The van der Waals surface area contributed by atoms with Crippen LogP contribution in [-0.4, -0.2) is 30.2 Å². The summed E-state index contributed by atoms with van der Waals surface area (Å²) >= 11 is 0. The third-order valence-corrected chi connectivity index (χ3v) is 2.72. The minimum Gasteiger partial charge on any atom is -0.396 e. The first kappa shape index (κ1) is 13.4. The van der Waals surface area contributed by atoms with Gasteiger partial charge in [-0.15, -0.1) is 0 Å². The van der Waals surface area contributed by atoms with E-state index in [1.54, 1.807) is 0 Å². The number of nitrogens with one attached hydrogen (secondary N) is 1. The van der Waals surface area contributed by atoms with Gasteiger partial charge in [-0.05, 0) is 26.7 Å². The predicted octanol–water partition coefficient (Wildman–Crippen LogP) is 0.249. The molecule has 2 atom stereocenters. The summed E-state index contributed by atoms with van der Waals surface area (Å²) in [6.45, 7) is 6.12. The summed E-state index contributed by atoms with van der Waals surface area (Å²) in [4.78, 5) is 11.7. The molecular formula is C10H22N2O2. The van der Waals surface area contributed by atoms with Crippen molar-refractivity contribution >= 4 is 5.91 Å². The summed E-state index contributed by atoms with van der Waals surface area (Å²) in [5.74, 6) is -0.0246. The summed E-state index contributed by atoms with van der Waals surface area (Å²) in [6.07, 6.45) is 1.30. The van der Waals surface area contributed by atoms with Gasteiger partial charge in [-0.2, -0.15) is 0 Å². The van der Waals surface area contributed by atoms with Crippen molar-refractivity contribution in [2.75, 3.05) is 13.2 Å². The highest BCUT2D eigenvalue weighted by Crippen LogP contribution is 2.19. The number of amides is 1. The number of carbonyl (C=O) groups is 1. The van der Waals surface area contributed by atoms with Gasteiger partial charge < -0.3 is 16.2 Å². The Morgan fingerprint density at radius 1 is 1.64 bits per heavy atom. The molecule has 0 bridgehead atoms. The van der Waals surface area contributed by atoms with Crippen molar-refractivity contribution in [2.45, 2.75) is 39.7 Å². The third-order valence-electron chi connectivity index (χ3n) is 2.72. The average molecular weight is 202 g/mol. The first-order valence-electron chi connectivity index (χ1n) is 5.12. The van der Waals surface area contributed by atoms with Crippen molar-refractivity contribution in [3.8, 4) is 0 Å². The Morgan fingerprint density at radius 3 is 2.57 bits per heavy atom. The standard InChI is InChI=1S/C10H22N2O2/c1-4-10(3,7-11)9(14)12-8(2)5-6-13/h8,13H,4-7,11H2,1-3H3,(H,12,14). The largest absolute Gasteiger partial charge is 0.396 e. The molecule has 0 saturated carbocycles. The van der Waals surface area contributed by atoms with Crippen molar-refractivity contribution < 1.29 is 9.90 Å². The first-order valence-corrected chi connectivity index (χ1v) is 5.12. The smallest absolute Gasteiger partial charge is 0.227 e. The Labute approximate surface area is 85.9 Å². The molecular weight excluding hydrogens is 180 g/mol. The number of carbonyl (C=O) groups excluding carboxylic acids is 1. The van der Waals surface area contributed by atoms with Crippen LogP contribution >= 0.6 is 0 Å². The topological polar surface area (TPSA) is 75.4 Å². The molecule has 4 N–H and O–H groups in total. The van der Waals surface area contributed by atoms with Crippen molar-refractivity contribution in [1.82, 2.24) is 5.32 Å². The van der Waals surface area contributed by atoms with E-state index in [-0.39, 0.29) is 18.6 Å². The number of hydrogen-bond acceptors (Lipinski definition) is 3. The number of nitrogens with two attached hydrogens (primary N) is 1. The number of hydrogen-bond donors (Lipinski definition) is 3. The number of aliphatic hydroxyl groups excluding tert-OH is 1. The summed E-state index contributed by atoms with van der Waals surface area (Å²) in [5, 5.41) is 11.5. The van der Waals surface area contributed by atoms with Crippen molar-refractivity contribution in [3.63, 3.8) is 0 Å². The lowest BCUT2D eigenvalue weighted by Crippen LogP contribution is -2.46. The highest BCUT2D eigenvalue weighted by molar-refractivity contribution is 5.82. The molecule has 0 aromatic heterocycles. The summed E-state index contributed by atoms with van der Waals surface area (Å²) < 4.78 is 0. The van der Waals surface area contributed by atoms with E-state index < -0.39 is 5.41 Å². The van der Waals surface area contributed by atoms with Crippen molar-refractivity contribution in [1.29, 1.82) is 0 Å². The van der Waals surface area contributed by atoms with Crippen LogP contribution in [0.15, 0.2) is 0 Å². The van der Waals surface area contributed by atoms with Gasteiger partial charge >= 0.3 is 0 Å². The highest BCUT2D eigenvalue weighted by atomic mass is 16.3. The SMILES string of the molecule is CCC(C)(CN)C(=O)NC(C)CCO. The lowest BCUT2D eigenvalue weighted by molar-refractivity contribution is -0.130. The van der Waals surface area contributed by atoms with Crippen molar-refractivity contribution in [3.05, 3.63) is 0 Å². The molecule has 84 valence electrons. The maximum absolute atomic E-state index is 11.7. The fourth-order valence-electron chi connectivity index (χ4n) is 1.06. The quantitative estimate of drug-likeness (QED) is 0.578. The van der Waals surface area contributed by atoms with E-state index in [4.69, 9.17) is 10.8 Å². The van der Waals surface area contributed by atoms with Crippen LogP contribution in [0, 0.1) is 5.41 Å². The Balaban J connectivity index is 4.18. The maximum atomic E-state index is 11.7. The van der Waals surface area contributed by atoms with Gasteiger partial charge in [0.25, 0.3) is 0 Å². The van der Waals surface area contributed by atoms with Gasteiger partial charge in [0.1, 0.15) is 0 Å². The van der Waals surface area contributed by atoms with E-state index in [0.29, 0.717) is 13.0 Å². The van der Waals surface area contributed by atoms with E-state index in [0.717, 1.165) is 6.42 Å². The zero-order valence-corrected chi connectivity index (χ0v) is 9.34. The molecule has 0 saturated heterocycles. The Kier molecular flexibility index (Phi) is 5.72. The van der Waals surface area contributed by atoms with Gasteiger partial charge in [-0.1, -0.05) is 6.92 Å². The van der Waals surface area contributed by atoms with Gasteiger partial charge in [-0.3, -0.25) is 4.79 Å². The Hall–Kier alpha value is -0.610. The molecule has 4 heteroatoms. The second-order valence-corrected chi connectivity index (χ2v) is 4.01. The van der Waals surface area contributed by atoms with Crippen LogP contribution in [0.3, 0.4) is 0 Å². The monoisotopic (exact) mass is 202 g/mol. The molecule has 0 radical (unpaired) electrons. The molecule has 0 aromatic rings. The van der Waals surface area contributed by atoms with E-state index >= 15 is 0 Å². The van der Waals surface area contributed by atoms with Crippen molar-refractivity contribution in [2.24, 2.45) is 11.1 Å². The molecule has 0 heterocycles. The molecule has 0 fully saturated rings. The molecule has 2 unspecified atom stereocenters. The molecule has 14 heavy (non-hydrogen) atoms. The second-order valence-electron chi connectivity index (χ2n) is 4.01. The van der Waals surface area contributed by atoms with Crippen LogP contribution in [0.25, 0.3) is 0 Å². The molecule has 0 aliphatic heterocycles. The third kappa shape index (κ3) is 3.64. The van der Waals surface area contributed by atoms with Gasteiger partial charge in [0, 0.05) is 19.2 Å². The molecule has 0 rings (SSSR count). The van der Waals surface area contributed by atoms with E-state index in [2.05, 4.69) is 5.32 Å². The predicted molar refractivity (Wildman–Crippen MR) is 56.8 cm³/mol. The molecule has 0 aliphatic rings. The molecule has 4 nitrogen and oxygen atoms in total. The minimum absolute atomic E-state index is 0.00456. The Morgan fingerprint density at radius 2 is 2.21 bits per heavy atom. The minimum atomic E-state index is -0.482. The van der Waals surface area contributed by atoms with E-state index in [1.807, 2.05) is 20.8 Å². The lowest BCUT2D eigenvalue weighted by atomic mass is 9.86. The van der Waals surface area contributed by atoms with Crippen LogP contribution < -0.4 is 11.1 Å². The summed E-state index contributed by atoms with van der Waals surface area (Å²) in [5.41, 5.74) is 5.08. The summed E-state index contributed by atoms with van der Waals surface area (Å²) in [7, 11) is 0. The molecule has 0 aliphatic carbocycles. The summed E-state index contributed by atoms with van der Waals surface area (Å²) in [6, 6.07) is 0.00456. The van der Waals surface area contributed by atoms with Crippen LogP contribution in [-0.2, 0) is 4.79 Å². The normalized spacial score (nSPS) is 17.2. The lowest BCUT2D eigenvalue weighted by Gasteiger charge is -2.27. The fraction of sp³-hybridized carbons (Fsp3) is 0.900. The van der Waals surface area contributed by atoms with Crippen LogP contribution in [0.1, 0.15) is 33.6 Å². The number of aliphatic hydroxyl groups is 1. The van der Waals surface area contributed by atoms with E-state index in [9.17, 15) is 4.79 Å². The van der Waals surface area contributed by atoms with Crippen LogP contribution in [0.4, 0.5) is 0 Å². The molecule has 0 spiro atoms.